The standard InChI is InChI=1S/C31H31N5O5.Na.H/c37-28(34-27-12-11-24(17-26(27)31(39)40)25-18-32-33-19-25)20-41-21-29(38)35-13-15-36(16-14-35)30(22-7-3-1-4-8-22)23-9-5-2-6-10-23;;/h1-12,17-19,30H,13-16,20-21H2,(H,32,33)(H,34,37)(H,39,40);;. The molecule has 3 aromatic carbocycles. The molecule has 0 spiro atoms. The van der Waals surface area contributed by atoms with Crippen LogP contribution in [0.2, 0.25) is 0 Å². The minimum absolute atomic E-state index is 0. The summed E-state index contributed by atoms with van der Waals surface area (Å²) < 4.78 is 5.40. The number of carboxylic acids is 1. The number of ether oxygens (including phenoxy) is 1. The molecule has 0 bridgehead atoms. The van der Waals surface area contributed by atoms with Crippen molar-refractivity contribution in [3.05, 3.63) is 108 Å². The molecule has 42 heavy (non-hydrogen) atoms. The van der Waals surface area contributed by atoms with Crippen molar-refractivity contribution in [3.8, 4) is 11.1 Å². The Hall–Kier alpha value is -3.80. The van der Waals surface area contributed by atoms with Crippen molar-refractivity contribution in [2.75, 3.05) is 44.7 Å². The number of aromatic nitrogens is 2. The second-order valence-corrected chi connectivity index (χ2v) is 9.73. The predicted octanol–water partition coefficient (Wildman–Crippen LogP) is 3.02. The van der Waals surface area contributed by atoms with E-state index in [2.05, 4.69) is 44.7 Å². The molecule has 1 fully saturated rings. The number of carbonyl (C=O) groups is 3. The summed E-state index contributed by atoms with van der Waals surface area (Å²) in [6.45, 7) is 1.89. The van der Waals surface area contributed by atoms with Gasteiger partial charge < -0.3 is 20.1 Å². The Morgan fingerprint density at radius 2 is 1.52 bits per heavy atom. The number of hydrogen-bond donors (Lipinski definition) is 3. The fourth-order valence-electron chi connectivity index (χ4n) is 5.04. The van der Waals surface area contributed by atoms with Crippen LogP contribution < -0.4 is 5.32 Å². The van der Waals surface area contributed by atoms with Gasteiger partial charge in [0.1, 0.15) is 13.2 Å². The number of rotatable bonds is 10. The van der Waals surface area contributed by atoms with Gasteiger partial charge in [0.2, 0.25) is 11.8 Å². The van der Waals surface area contributed by atoms with Crippen molar-refractivity contribution >= 4 is 53.0 Å². The molecule has 1 aliphatic heterocycles. The van der Waals surface area contributed by atoms with Gasteiger partial charge in [-0.3, -0.25) is 19.6 Å². The van der Waals surface area contributed by atoms with Gasteiger partial charge in [-0.25, -0.2) is 4.79 Å². The topological polar surface area (TPSA) is 128 Å². The van der Waals surface area contributed by atoms with Crippen molar-refractivity contribution < 1.29 is 24.2 Å². The van der Waals surface area contributed by atoms with Crippen LogP contribution in [0.4, 0.5) is 5.69 Å². The van der Waals surface area contributed by atoms with Gasteiger partial charge in [-0.1, -0.05) is 66.7 Å². The van der Waals surface area contributed by atoms with Gasteiger partial charge >= 0.3 is 35.5 Å². The van der Waals surface area contributed by atoms with Crippen LogP contribution in [0.1, 0.15) is 27.5 Å². The summed E-state index contributed by atoms with van der Waals surface area (Å²) in [6.07, 6.45) is 3.23. The van der Waals surface area contributed by atoms with Gasteiger partial charge in [-0.05, 0) is 28.8 Å². The van der Waals surface area contributed by atoms with E-state index in [0.29, 0.717) is 31.7 Å². The van der Waals surface area contributed by atoms with Gasteiger partial charge in [-0.15, -0.1) is 0 Å². The van der Waals surface area contributed by atoms with Gasteiger partial charge in [0.05, 0.1) is 23.5 Å². The number of benzene rings is 3. The second kappa shape index (κ2) is 14.9. The summed E-state index contributed by atoms with van der Waals surface area (Å²) in [5, 5.41) is 18.7. The van der Waals surface area contributed by atoms with Crippen LogP contribution in [0, 0.1) is 0 Å². The van der Waals surface area contributed by atoms with Gasteiger partial charge in [0, 0.05) is 37.9 Å². The molecule has 3 N–H and O–H groups in total. The zero-order valence-electron chi connectivity index (χ0n) is 22.4. The number of amides is 2. The Bertz CT molecular complexity index is 1440. The van der Waals surface area contributed by atoms with E-state index in [4.69, 9.17) is 4.74 Å². The van der Waals surface area contributed by atoms with Crippen LogP contribution in [0.5, 0.6) is 0 Å². The molecule has 2 amide bonds. The number of nitrogens with one attached hydrogen (secondary N) is 2. The van der Waals surface area contributed by atoms with Crippen LogP contribution in [0.3, 0.4) is 0 Å². The maximum atomic E-state index is 12.8. The molecule has 1 saturated heterocycles. The number of anilines is 1. The third kappa shape index (κ3) is 7.72. The van der Waals surface area contributed by atoms with Crippen LogP contribution in [0.15, 0.2) is 91.3 Å². The molecule has 0 radical (unpaired) electrons. The fourth-order valence-corrected chi connectivity index (χ4v) is 5.04. The second-order valence-electron chi connectivity index (χ2n) is 9.73. The molecule has 212 valence electrons. The summed E-state index contributed by atoms with van der Waals surface area (Å²) in [7, 11) is 0. The molecule has 4 aromatic rings. The molecule has 0 unspecified atom stereocenters. The average Bonchev–Trinajstić information content (AvgIpc) is 3.54. The first-order chi connectivity index (χ1) is 20.0. The Morgan fingerprint density at radius 1 is 0.881 bits per heavy atom. The summed E-state index contributed by atoms with van der Waals surface area (Å²) >= 11 is 0. The summed E-state index contributed by atoms with van der Waals surface area (Å²) in [5.74, 6) is -1.92. The summed E-state index contributed by atoms with van der Waals surface area (Å²) in [6, 6.07) is 25.4. The SMILES string of the molecule is O=C(COCC(=O)N1CCN(C(c2ccccc2)c2ccccc2)CC1)Nc1ccc(-c2cn[nH]c2)cc1C(=O)O.[NaH]. The fraction of sp³-hybridized carbons (Fsp3) is 0.226. The number of carboxylic acid groups (broad SMARTS) is 1. The first kappa shape index (κ1) is 31.1. The van der Waals surface area contributed by atoms with E-state index in [9.17, 15) is 19.5 Å². The molecule has 11 heteroatoms. The third-order valence-electron chi connectivity index (χ3n) is 7.08. The molecular weight excluding hydrogens is 545 g/mol. The number of piperazine rings is 1. The minimum atomic E-state index is -1.18. The first-order valence-electron chi connectivity index (χ1n) is 13.4. The van der Waals surface area contributed by atoms with Crippen molar-refractivity contribution in [2.45, 2.75) is 6.04 Å². The van der Waals surface area contributed by atoms with Crippen molar-refractivity contribution in [1.29, 1.82) is 0 Å². The monoisotopic (exact) mass is 577 g/mol. The van der Waals surface area contributed by atoms with Crippen LogP contribution in [0.25, 0.3) is 11.1 Å². The molecule has 0 atom stereocenters. The number of carbonyl (C=O) groups excluding carboxylic acids is 2. The normalized spacial score (nSPS) is 13.4. The van der Waals surface area contributed by atoms with Gasteiger partial charge in [-0.2, -0.15) is 5.10 Å². The average molecular weight is 578 g/mol. The van der Waals surface area contributed by atoms with Crippen LogP contribution in [-0.4, -0.2) is 112 Å². The Morgan fingerprint density at radius 3 is 2.10 bits per heavy atom. The van der Waals surface area contributed by atoms with E-state index >= 15 is 0 Å². The molecule has 2 heterocycles. The third-order valence-corrected chi connectivity index (χ3v) is 7.08. The number of hydrogen-bond acceptors (Lipinski definition) is 6. The van der Waals surface area contributed by atoms with Crippen molar-refractivity contribution in [2.24, 2.45) is 0 Å². The van der Waals surface area contributed by atoms with Gasteiger partial charge in [0.15, 0.2) is 0 Å². The summed E-state index contributed by atoms with van der Waals surface area (Å²) in [5.41, 5.74) is 3.87. The molecule has 0 saturated carbocycles. The van der Waals surface area contributed by atoms with E-state index in [1.807, 2.05) is 36.4 Å². The predicted molar refractivity (Wildman–Crippen MR) is 160 cm³/mol. The molecule has 5 rings (SSSR count). The van der Waals surface area contributed by atoms with E-state index in [1.165, 1.54) is 23.3 Å². The Kier molecular flexibility index (Phi) is 11.0. The molecular formula is C31H32N5NaO5. The van der Waals surface area contributed by atoms with E-state index < -0.39 is 11.9 Å². The van der Waals surface area contributed by atoms with Crippen molar-refractivity contribution in [3.63, 3.8) is 0 Å². The molecule has 1 aliphatic rings. The molecule has 0 aliphatic carbocycles. The molecule has 10 nitrogen and oxygen atoms in total. The van der Waals surface area contributed by atoms with E-state index in [0.717, 1.165) is 5.56 Å². The van der Waals surface area contributed by atoms with Crippen LogP contribution in [-0.2, 0) is 14.3 Å². The van der Waals surface area contributed by atoms with Crippen molar-refractivity contribution in [1.82, 2.24) is 20.0 Å². The zero-order valence-corrected chi connectivity index (χ0v) is 22.4. The van der Waals surface area contributed by atoms with Gasteiger partial charge in [0.25, 0.3) is 0 Å². The van der Waals surface area contributed by atoms with E-state index in [-0.39, 0.29) is 66.0 Å². The Balaban J connectivity index is 0.00000405. The van der Waals surface area contributed by atoms with E-state index in [1.54, 1.807) is 23.4 Å². The number of aromatic carboxylic acids is 1. The summed E-state index contributed by atoms with van der Waals surface area (Å²) in [4.78, 5) is 41.2. The maximum absolute atomic E-state index is 12.8. The van der Waals surface area contributed by atoms with Crippen LogP contribution >= 0.6 is 0 Å². The number of aromatic amines is 1. The Labute approximate surface area is 266 Å². The zero-order chi connectivity index (χ0) is 28.6. The molecule has 1 aromatic heterocycles. The number of H-pyrrole nitrogens is 1. The first-order valence-corrected chi connectivity index (χ1v) is 13.4. The number of nitrogens with zero attached hydrogens (tertiary/aromatic N) is 3. The quantitative estimate of drug-likeness (QED) is 0.247.